The van der Waals surface area contributed by atoms with Crippen LogP contribution in [0.25, 0.3) is 0 Å². The molecule has 1 aliphatic carbocycles. The Labute approximate surface area is 129 Å². The van der Waals surface area contributed by atoms with Crippen molar-refractivity contribution in [1.82, 2.24) is 0 Å². The molecule has 0 aromatic heterocycles. The molecule has 22 heavy (non-hydrogen) atoms. The maximum absolute atomic E-state index is 10.9. The Morgan fingerprint density at radius 3 is 3.05 bits per heavy atom. The summed E-state index contributed by atoms with van der Waals surface area (Å²) in [6.45, 7) is 1.21. The number of nitro groups is 1. The van der Waals surface area contributed by atoms with Crippen LogP contribution in [0.1, 0.15) is 31.2 Å². The molecular weight excluding hydrogens is 284 g/mol. The molecule has 6 heteroatoms. The van der Waals surface area contributed by atoms with E-state index in [1.54, 1.807) is 25.3 Å². The highest BCUT2D eigenvalue weighted by Gasteiger charge is 2.37. The maximum atomic E-state index is 10.9. The van der Waals surface area contributed by atoms with E-state index >= 15 is 0 Å². The third kappa shape index (κ3) is 3.08. The monoisotopic (exact) mass is 306 g/mol. The zero-order valence-corrected chi connectivity index (χ0v) is 12.8. The molecule has 0 amide bonds. The third-order valence-electron chi connectivity index (χ3n) is 4.72. The third-order valence-corrected chi connectivity index (χ3v) is 4.72. The Hall–Kier alpha value is -1.66. The second kappa shape index (κ2) is 6.62. The molecule has 1 heterocycles. The molecule has 3 atom stereocenters. The van der Waals surface area contributed by atoms with Crippen molar-refractivity contribution in [2.45, 2.75) is 44.4 Å². The first-order valence-electron chi connectivity index (χ1n) is 7.83. The fourth-order valence-electron chi connectivity index (χ4n) is 3.66. The summed E-state index contributed by atoms with van der Waals surface area (Å²) in [5, 5.41) is 14.5. The second-order valence-electron chi connectivity index (χ2n) is 6.08. The van der Waals surface area contributed by atoms with Crippen LogP contribution in [-0.2, 0) is 16.1 Å². The van der Waals surface area contributed by atoms with Crippen molar-refractivity contribution in [3.63, 3.8) is 0 Å². The summed E-state index contributed by atoms with van der Waals surface area (Å²) in [5.41, 5.74) is 1.87. The number of hydrogen-bond acceptors (Lipinski definition) is 5. The molecule has 1 aliphatic heterocycles. The van der Waals surface area contributed by atoms with Gasteiger partial charge >= 0.3 is 0 Å². The molecule has 1 aromatic carbocycles. The largest absolute Gasteiger partial charge is 0.382 e. The summed E-state index contributed by atoms with van der Waals surface area (Å²) in [6, 6.07) is 5.31. The van der Waals surface area contributed by atoms with E-state index in [1.165, 1.54) is 0 Å². The van der Waals surface area contributed by atoms with Crippen LogP contribution in [0.5, 0.6) is 0 Å². The summed E-state index contributed by atoms with van der Waals surface area (Å²) >= 11 is 0. The molecule has 3 unspecified atom stereocenters. The van der Waals surface area contributed by atoms with Gasteiger partial charge < -0.3 is 14.8 Å². The highest BCUT2D eigenvalue weighted by atomic mass is 16.6. The van der Waals surface area contributed by atoms with Crippen molar-refractivity contribution < 1.29 is 14.4 Å². The molecule has 0 spiro atoms. The Morgan fingerprint density at radius 2 is 2.27 bits per heavy atom. The van der Waals surface area contributed by atoms with Gasteiger partial charge in [-0.15, -0.1) is 0 Å². The highest BCUT2D eigenvalue weighted by molar-refractivity contribution is 5.56. The van der Waals surface area contributed by atoms with Crippen LogP contribution in [0.15, 0.2) is 18.2 Å². The molecule has 0 bridgehead atoms. The summed E-state index contributed by atoms with van der Waals surface area (Å²) in [4.78, 5) is 10.6. The standard InChI is InChI=1S/C16H22N2O4/c1-21-10-11-9-12(18(19)20)5-6-14(11)17-15-3-2-4-16-13(15)7-8-22-16/h5-6,9,13,15-17H,2-4,7-8,10H2,1H3. The minimum Gasteiger partial charge on any atom is -0.382 e. The average molecular weight is 306 g/mol. The lowest BCUT2D eigenvalue weighted by Gasteiger charge is -2.34. The molecule has 2 fully saturated rings. The predicted molar refractivity (Wildman–Crippen MR) is 82.9 cm³/mol. The van der Waals surface area contributed by atoms with E-state index in [-0.39, 0.29) is 10.6 Å². The first kappa shape index (κ1) is 15.2. The summed E-state index contributed by atoms with van der Waals surface area (Å²) in [7, 11) is 1.60. The van der Waals surface area contributed by atoms with Crippen LogP contribution in [-0.4, -0.2) is 30.8 Å². The Balaban J connectivity index is 1.80. The molecule has 2 aliphatic rings. The van der Waals surface area contributed by atoms with Crippen LogP contribution < -0.4 is 5.32 Å². The first-order chi connectivity index (χ1) is 10.7. The molecule has 3 rings (SSSR count). The van der Waals surface area contributed by atoms with Gasteiger partial charge in [0.1, 0.15) is 0 Å². The normalized spacial score (nSPS) is 27.4. The van der Waals surface area contributed by atoms with Crippen molar-refractivity contribution in [3.8, 4) is 0 Å². The number of benzene rings is 1. The number of rotatable bonds is 5. The number of nitro benzene ring substituents is 1. The predicted octanol–water partition coefficient (Wildman–Crippen LogP) is 3.11. The lowest BCUT2D eigenvalue weighted by molar-refractivity contribution is -0.384. The number of nitrogens with zero attached hydrogens (tertiary/aromatic N) is 1. The Kier molecular flexibility index (Phi) is 4.59. The van der Waals surface area contributed by atoms with Crippen molar-refractivity contribution in [2.24, 2.45) is 5.92 Å². The first-order valence-corrected chi connectivity index (χ1v) is 7.83. The zero-order valence-electron chi connectivity index (χ0n) is 12.8. The lowest BCUT2D eigenvalue weighted by atomic mass is 9.81. The molecular formula is C16H22N2O4. The second-order valence-corrected chi connectivity index (χ2v) is 6.08. The van der Waals surface area contributed by atoms with E-state index in [4.69, 9.17) is 9.47 Å². The van der Waals surface area contributed by atoms with Crippen LogP contribution in [0.4, 0.5) is 11.4 Å². The summed E-state index contributed by atoms with van der Waals surface area (Å²) in [5.74, 6) is 0.541. The van der Waals surface area contributed by atoms with Gasteiger partial charge in [0.05, 0.1) is 17.6 Å². The van der Waals surface area contributed by atoms with Crippen LogP contribution in [0.2, 0.25) is 0 Å². The summed E-state index contributed by atoms with van der Waals surface area (Å²) in [6.07, 6.45) is 4.89. The topological polar surface area (TPSA) is 73.6 Å². The maximum Gasteiger partial charge on any atom is 0.269 e. The Morgan fingerprint density at radius 1 is 1.41 bits per heavy atom. The van der Waals surface area contributed by atoms with E-state index < -0.39 is 0 Å². The van der Waals surface area contributed by atoms with E-state index in [2.05, 4.69) is 5.32 Å². The minimum atomic E-state index is -0.371. The zero-order chi connectivity index (χ0) is 15.5. The number of methoxy groups -OCH3 is 1. The molecule has 1 saturated carbocycles. The number of hydrogen-bond donors (Lipinski definition) is 1. The van der Waals surface area contributed by atoms with Crippen LogP contribution in [0.3, 0.4) is 0 Å². The molecule has 0 radical (unpaired) electrons. The van der Waals surface area contributed by atoms with Gasteiger partial charge in [-0.2, -0.15) is 0 Å². The fourth-order valence-corrected chi connectivity index (χ4v) is 3.66. The van der Waals surface area contributed by atoms with Crippen LogP contribution >= 0.6 is 0 Å². The Bertz CT molecular complexity index is 549. The molecule has 1 aromatic rings. The van der Waals surface area contributed by atoms with E-state index in [0.29, 0.717) is 24.7 Å². The van der Waals surface area contributed by atoms with Gasteiger partial charge in [0.25, 0.3) is 5.69 Å². The number of fused-ring (bicyclic) bond motifs is 1. The molecule has 120 valence electrons. The van der Waals surface area contributed by atoms with Crippen molar-refractivity contribution in [2.75, 3.05) is 19.0 Å². The number of ether oxygens (including phenoxy) is 2. The van der Waals surface area contributed by atoms with Gasteiger partial charge in [0, 0.05) is 49.1 Å². The molecule has 1 saturated heterocycles. The van der Waals surface area contributed by atoms with E-state index in [1.807, 2.05) is 0 Å². The number of nitrogens with one attached hydrogen (secondary N) is 1. The van der Waals surface area contributed by atoms with Gasteiger partial charge in [0.15, 0.2) is 0 Å². The van der Waals surface area contributed by atoms with Gasteiger partial charge in [-0.1, -0.05) is 0 Å². The minimum absolute atomic E-state index is 0.100. The van der Waals surface area contributed by atoms with Crippen molar-refractivity contribution in [1.29, 1.82) is 0 Å². The van der Waals surface area contributed by atoms with Gasteiger partial charge in [0.2, 0.25) is 0 Å². The SMILES string of the molecule is COCc1cc([N+](=O)[O-])ccc1NC1CCCC2OCCC12. The average Bonchev–Trinajstić information content (AvgIpc) is 2.98. The van der Waals surface area contributed by atoms with Crippen molar-refractivity contribution >= 4 is 11.4 Å². The van der Waals surface area contributed by atoms with E-state index in [0.717, 1.165) is 43.5 Å². The van der Waals surface area contributed by atoms with E-state index in [9.17, 15) is 10.1 Å². The number of anilines is 1. The molecule has 1 N–H and O–H groups in total. The quantitative estimate of drug-likeness (QED) is 0.668. The highest BCUT2D eigenvalue weighted by Crippen LogP contribution is 2.36. The van der Waals surface area contributed by atoms with Gasteiger partial charge in [-0.05, 0) is 31.7 Å². The summed E-state index contributed by atoms with van der Waals surface area (Å²) < 4.78 is 11.0. The van der Waals surface area contributed by atoms with Crippen LogP contribution in [0, 0.1) is 16.0 Å². The van der Waals surface area contributed by atoms with Gasteiger partial charge in [-0.25, -0.2) is 0 Å². The van der Waals surface area contributed by atoms with Crippen molar-refractivity contribution in [3.05, 3.63) is 33.9 Å². The fraction of sp³-hybridized carbons (Fsp3) is 0.625. The smallest absolute Gasteiger partial charge is 0.269 e. The number of non-ortho nitro benzene ring substituents is 1. The lowest BCUT2D eigenvalue weighted by Crippen LogP contribution is -2.38. The molecule has 6 nitrogen and oxygen atoms in total. The van der Waals surface area contributed by atoms with Gasteiger partial charge in [-0.3, -0.25) is 10.1 Å².